The third kappa shape index (κ3) is 3.58. The van der Waals surface area contributed by atoms with E-state index in [1.807, 2.05) is 0 Å². The number of carbonyl (C=O) groups is 1. The van der Waals surface area contributed by atoms with Crippen molar-refractivity contribution in [1.29, 1.82) is 0 Å². The molecule has 0 spiro atoms. The summed E-state index contributed by atoms with van der Waals surface area (Å²) in [7, 11) is 1.53. The van der Waals surface area contributed by atoms with E-state index in [2.05, 4.69) is 19.2 Å². The minimum atomic E-state index is -3.76. The number of halogens is 1. The Morgan fingerprint density at radius 1 is 1.38 bits per heavy atom. The fraction of sp³-hybridized carbons (Fsp3) is 0.533. The molecule has 0 heterocycles. The maximum atomic E-state index is 12.2. The molecule has 116 valence electrons. The van der Waals surface area contributed by atoms with Crippen molar-refractivity contribution in [3.05, 3.63) is 29.3 Å². The molecule has 0 atom stereocenters. The summed E-state index contributed by atoms with van der Waals surface area (Å²) in [4.78, 5) is 12.2. The highest BCUT2D eigenvalue weighted by Crippen LogP contribution is 2.51. The Hall–Kier alpha value is -1.07. The van der Waals surface area contributed by atoms with Crippen molar-refractivity contribution in [3.63, 3.8) is 0 Å². The van der Waals surface area contributed by atoms with Gasteiger partial charge in [-0.05, 0) is 54.9 Å². The van der Waals surface area contributed by atoms with Crippen LogP contribution >= 0.6 is 10.7 Å². The SMILES string of the molecule is Cc1cc(S(=O)(=O)Cl)ccc1C(=O)NCC1(C(C)C)CC1. The van der Waals surface area contributed by atoms with Gasteiger partial charge in [-0.1, -0.05) is 13.8 Å². The van der Waals surface area contributed by atoms with Crippen molar-refractivity contribution in [2.24, 2.45) is 11.3 Å². The maximum Gasteiger partial charge on any atom is 0.261 e. The zero-order valence-corrected chi connectivity index (χ0v) is 14.0. The van der Waals surface area contributed by atoms with Crippen LogP contribution in [0.1, 0.15) is 42.6 Å². The summed E-state index contributed by atoms with van der Waals surface area (Å²) in [6, 6.07) is 4.29. The van der Waals surface area contributed by atoms with Gasteiger partial charge in [0.05, 0.1) is 4.90 Å². The second-order valence-electron chi connectivity index (χ2n) is 6.11. The second-order valence-corrected chi connectivity index (χ2v) is 8.68. The number of rotatable bonds is 5. The predicted octanol–water partition coefficient (Wildman–Crippen LogP) is 3.09. The van der Waals surface area contributed by atoms with Gasteiger partial charge in [-0.3, -0.25) is 4.79 Å². The van der Waals surface area contributed by atoms with Crippen LogP contribution in [0.3, 0.4) is 0 Å². The Labute approximate surface area is 130 Å². The zero-order valence-electron chi connectivity index (χ0n) is 12.4. The summed E-state index contributed by atoms with van der Waals surface area (Å²) in [6.45, 7) is 6.71. The molecule has 1 aliphatic carbocycles. The number of amides is 1. The molecule has 4 nitrogen and oxygen atoms in total. The molecule has 1 saturated carbocycles. The number of hydrogen-bond acceptors (Lipinski definition) is 3. The van der Waals surface area contributed by atoms with Gasteiger partial charge < -0.3 is 5.32 Å². The monoisotopic (exact) mass is 329 g/mol. The van der Waals surface area contributed by atoms with Crippen molar-refractivity contribution in [3.8, 4) is 0 Å². The van der Waals surface area contributed by atoms with Gasteiger partial charge in [0, 0.05) is 22.8 Å². The van der Waals surface area contributed by atoms with Crippen LogP contribution < -0.4 is 5.32 Å². The van der Waals surface area contributed by atoms with E-state index in [9.17, 15) is 13.2 Å². The van der Waals surface area contributed by atoms with Crippen molar-refractivity contribution >= 4 is 25.6 Å². The lowest BCUT2D eigenvalue weighted by Gasteiger charge is -2.20. The molecular weight excluding hydrogens is 310 g/mol. The number of carbonyl (C=O) groups excluding carboxylic acids is 1. The van der Waals surface area contributed by atoms with Crippen molar-refractivity contribution in [2.75, 3.05) is 6.54 Å². The van der Waals surface area contributed by atoms with E-state index in [0.717, 1.165) is 12.8 Å². The first-order chi connectivity index (χ1) is 9.66. The van der Waals surface area contributed by atoms with E-state index >= 15 is 0 Å². The van der Waals surface area contributed by atoms with E-state index in [1.165, 1.54) is 18.2 Å². The lowest BCUT2D eigenvalue weighted by molar-refractivity contribution is 0.0939. The first-order valence-corrected chi connectivity index (χ1v) is 9.30. The molecule has 0 radical (unpaired) electrons. The molecule has 1 aliphatic rings. The molecule has 1 N–H and O–H groups in total. The summed E-state index contributed by atoms with van der Waals surface area (Å²) in [5.74, 6) is 0.376. The van der Waals surface area contributed by atoms with E-state index in [4.69, 9.17) is 10.7 Å². The van der Waals surface area contributed by atoms with Gasteiger partial charge in [0.1, 0.15) is 0 Å². The molecule has 1 aromatic carbocycles. The standard InChI is InChI=1S/C15H20ClNO3S/c1-10(2)15(6-7-15)9-17-14(18)13-5-4-12(8-11(13)3)21(16,19)20/h4-5,8,10H,6-7,9H2,1-3H3,(H,17,18). The third-order valence-electron chi connectivity index (χ3n) is 4.44. The quantitative estimate of drug-likeness (QED) is 0.844. The molecule has 1 amide bonds. The summed E-state index contributed by atoms with van der Waals surface area (Å²) < 4.78 is 22.5. The van der Waals surface area contributed by atoms with Crippen LogP contribution in [0.15, 0.2) is 23.1 Å². The van der Waals surface area contributed by atoms with Gasteiger partial charge in [-0.25, -0.2) is 8.42 Å². The van der Waals surface area contributed by atoms with Crippen LogP contribution in [0.4, 0.5) is 0 Å². The number of nitrogens with one attached hydrogen (secondary N) is 1. The van der Waals surface area contributed by atoms with Crippen LogP contribution in [0, 0.1) is 18.3 Å². The third-order valence-corrected chi connectivity index (χ3v) is 5.79. The van der Waals surface area contributed by atoms with Gasteiger partial charge in [-0.15, -0.1) is 0 Å². The number of benzene rings is 1. The molecular formula is C15H20ClNO3S. The highest BCUT2D eigenvalue weighted by molar-refractivity contribution is 8.13. The molecule has 1 fully saturated rings. The predicted molar refractivity (Wildman–Crippen MR) is 83.1 cm³/mol. The highest BCUT2D eigenvalue weighted by Gasteiger charge is 2.45. The molecule has 6 heteroatoms. The first kappa shape index (κ1) is 16.3. The highest BCUT2D eigenvalue weighted by atomic mass is 35.7. The molecule has 0 bridgehead atoms. The Morgan fingerprint density at radius 3 is 2.43 bits per heavy atom. The molecule has 2 rings (SSSR count). The molecule has 0 saturated heterocycles. The fourth-order valence-corrected chi connectivity index (χ4v) is 3.35. The summed E-state index contributed by atoms with van der Waals surface area (Å²) in [6.07, 6.45) is 2.29. The molecule has 21 heavy (non-hydrogen) atoms. The topological polar surface area (TPSA) is 63.2 Å². The largest absolute Gasteiger partial charge is 0.351 e. The molecule has 0 unspecified atom stereocenters. The average Bonchev–Trinajstić information content (AvgIpc) is 3.16. The Balaban J connectivity index is 2.10. The van der Waals surface area contributed by atoms with Gasteiger partial charge >= 0.3 is 0 Å². The smallest absolute Gasteiger partial charge is 0.261 e. The fourth-order valence-electron chi connectivity index (χ4n) is 2.51. The van der Waals surface area contributed by atoms with Crippen LogP contribution in [-0.2, 0) is 9.05 Å². The zero-order chi connectivity index (χ0) is 15.8. The number of aryl methyl sites for hydroxylation is 1. The lowest BCUT2D eigenvalue weighted by Crippen LogP contribution is -2.33. The Kier molecular flexibility index (Phi) is 4.36. The van der Waals surface area contributed by atoms with E-state index < -0.39 is 9.05 Å². The average molecular weight is 330 g/mol. The molecule has 0 aliphatic heterocycles. The van der Waals surface area contributed by atoms with Crippen LogP contribution in [-0.4, -0.2) is 20.9 Å². The number of hydrogen-bond donors (Lipinski definition) is 1. The van der Waals surface area contributed by atoms with Crippen LogP contribution in [0.5, 0.6) is 0 Å². The summed E-state index contributed by atoms with van der Waals surface area (Å²) in [5, 5.41) is 2.96. The Morgan fingerprint density at radius 2 is 2.00 bits per heavy atom. The van der Waals surface area contributed by atoms with E-state index in [-0.39, 0.29) is 16.2 Å². The summed E-state index contributed by atoms with van der Waals surface area (Å²) >= 11 is 0. The Bertz CT molecular complexity index is 663. The van der Waals surface area contributed by atoms with Crippen molar-refractivity contribution < 1.29 is 13.2 Å². The first-order valence-electron chi connectivity index (χ1n) is 6.99. The lowest BCUT2D eigenvalue weighted by atomic mass is 9.92. The van der Waals surface area contributed by atoms with Gasteiger partial charge in [0.15, 0.2) is 0 Å². The van der Waals surface area contributed by atoms with Crippen LogP contribution in [0.2, 0.25) is 0 Å². The minimum Gasteiger partial charge on any atom is -0.351 e. The summed E-state index contributed by atoms with van der Waals surface area (Å²) in [5.41, 5.74) is 1.32. The van der Waals surface area contributed by atoms with Gasteiger partial charge in [-0.2, -0.15) is 0 Å². The van der Waals surface area contributed by atoms with Gasteiger partial charge in [0.25, 0.3) is 15.0 Å². The molecule has 1 aromatic rings. The van der Waals surface area contributed by atoms with Crippen molar-refractivity contribution in [2.45, 2.75) is 38.5 Å². The van der Waals surface area contributed by atoms with E-state index in [0.29, 0.717) is 23.6 Å². The second kappa shape index (κ2) is 5.61. The van der Waals surface area contributed by atoms with Gasteiger partial charge in [0.2, 0.25) is 0 Å². The van der Waals surface area contributed by atoms with Crippen LogP contribution in [0.25, 0.3) is 0 Å². The van der Waals surface area contributed by atoms with E-state index in [1.54, 1.807) is 6.92 Å². The molecule has 0 aromatic heterocycles. The maximum absolute atomic E-state index is 12.2. The minimum absolute atomic E-state index is 0.0130. The normalized spacial score (nSPS) is 16.8. The van der Waals surface area contributed by atoms with Crippen molar-refractivity contribution in [1.82, 2.24) is 5.32 Å².